The van der Waals surface area contributed by atoms with Gasteiger partial charge in [0.1, 0.15) is 6.26 Å². The van der Waals surface area contributed by atoms with Crippen LogP contribution >= 0.6 is 0 Å². The summed E-state index contributed by atoms with van der Waals surface area (Å²) in [5.41, 5.74) is -0.278. The van der Waals surface area contributed by atoms with E-state index in [1.165, 1.54) is 12.5 Å². The van der Waals surface area contributed by atoms with Gasteiger partial charge in [-0.3, -0.25) is 9.59 Å². The summed E-state index contributed by atoms with van der Waals surface area (Å²) in [6, 6.07) is 1.56. The molecule has 0 radical (unpaired) electrons. The van der Waals surface area contributed by atoms with Crippen LogP contribution in [0.2, 0.25) is 0 Å². The number of furan rings is 1. The van der Waals surface area contributed by atoms with Crippen LogP contribution in [0, 0.1) is 0 Å². The Morgan fingerprint density at radius 1 is 1.37 bits per heavy atom. The second-order valence-electron chi connectivity index (χ2n) is 4.87. The van der Waals surface area contributed by atoms with Crippen LogP contribution in [0.1, 0.15) is 36.0 Å². The van der Waals surface area contributed by atoms with Gasteiger partial charge in [0.15, 0.2) is 0 Å². The number of carbonyl (C=O) groups is 2. The SMILES string of the molecule is O=C(CCNC(=O)c1ccoc1)NCC1(O)CCC1. The van der Waals surface area contributed by atoms with Gasteiger partial charge in [0.2, 0.25) is 5.91 Å². The number of hydrogen-bond acceptors (Lipinski definition) is 4. The zero-order chi connectivity index (χ0) is 13.7. The van der Waals surface area contributed by atoms with Crippen LogP contribution in [0.4, 0.5) is 0 Å². The molecule has 1 aromatic heterocycles. The van der Waals surface area contributed by atoms with Crippen LogP contribution in [0.3, 0.4) is 0 Å². The molecule has 1 saturated carbocycles. The van der Waals surface area contributed by atoms with Gasteiger partial charge in [-0.05, 0) is 25.3 Å². The van der Waals surface area contributed by atoms with E-state index >= 15 is 0 Å². The molecule has 1 aliphatic carbocycles. The van der Waals surface area contributed by atoms with Crippen LogP contribution in [-0.2, 0) is 4.79 Å². The molecule has 0 aromatic carbocycles. The van der Waals surface area contributed by atoms with Gasteiger partial charge in [-0.25, -0.2) is 0 Å². The molecule has 0 saturated heterocycles. The second kappa shape index (κ2) is 5.88. The maximum atomic E-state index is 11.5. The fraction of sp³-hybridized carbons (Fsp3) is 0.538. The maximum absolute atomic E-state index is 11.5. The standard InChI is InChI=1S/C13H18N2O4/c16-11(15-9-13(18)4-1-5-13)2-6-14-12(17)10-3-7-19-8-10/h3,7-8,18H,1-2,4-6,9H2,(H,14,17)(H,15,16). The number of nitrogens with one attached hydrogen (secondary N) is 2. The van der Waals surface area contributed by atoms with Crippen LogP contribution < -0.4 is 10.6 Å². The van der Waals surface area contributed by atoms with E-state index in [-0.39, 0.29) is 24.8 Å². The molecule has 3 N–H and O–H groups in total. The van der Waals surface area contributed by atoms with E-state index in [4.69, 9.17) is 4.42 Å². The maximum Gasteiger partial charge on any atom is 0.254 e. The molecule has 104 valence electrons. The second-order valence-corrected chi connectivity index (χ2v) is 4.87. The van der Waals surface area contributed by atoms with Crippen LogP contribution in [-0.4, -0.2) is 35.6 Å². The highest BCUT2D eigenvalue weighted by Gasteiger charge is 2.34. The zero-order valence-electron chi connectivity index (χ0n) is 10.6. The molecule has 0 unspecified atom stereocenters. The van der Waals surface area contributed by atoms with Gasteiger partial charge in [0.25, 0.3) is 5.91 Å². The molecular formula is C13H18N2O4. The van der Waals surface area contributed by atoms with Crippen LogP contribution in [0.5, 0.6) is 0 Å². The molecule has 19 heavy (non-hydrogen) atoms. The lowest BCUT2D eigenvalue weighted by atomic mass is 9.80. The Hall–Kier alpha value is -1.82. The lowest BCUT2D eigenvalue weighted by Gasteiger charge is -2.36. The molecule has 1 fully saturated rings. The summed E-state index contributed by atoms with van der Waals surface area (Å²) >= 11 is 0. The van der Waals surface area contributed by atoms with Crippen molar-refractivity contribution in [3.63, 3.8) is 0 Å². The summed E-state index contributed by atoms with van der Waals surface area (Å²) in [7, 11) is 0. The van der Waals surface area contributed by atoms with E-state index in [0.717, 1.165) is 19.3 Å². The summed E-state index contributed by atoms with van der Waals surface area (Å²) in [5, 5.41) is 15.1. The molecule has 1 heterocycles. The van der Waals surface area contributed by atoms with Crippen molar-refractivity contribution < 1.29 is 19.1 Å². The van der Waals surface area contributed by atoms with E-state index in [2.05, 4.69) is 10.6 Å². The first-order chi connectivity index (χ1) is 9.09. The molecule has 6 nitrogen and oxygen atoms in total. The monoisotopic (exact) mass is 266 g/mol. The van der Waals surface area contributed by atoms with Crippen molar-refractivity contribution in [3.8, 4) is 0 Å². The highest BCUT2D eigenvalue weighted by atomic mass is 16.3. The van der Waals surface area contributed by atoms with Crippen LogP contribution in [0.15, 0.2) is 23.0 Å². The third-order valence-corrected chi connectivity index (χ3v) is 3.32. The Balaban J connectivity index is 1.60. The molecule has 0 spiro atoms. The summed E-state index contributed by atoms with van der Waals surface area (Å²) in [6.45, 7) is 0.551. The van der Waals surface area contributed by atoms with Gasteiger partial charge in [-0.2, -0.15) is 0 Å². The Bertz CT molecular complexity index is 438. The van der Waals surface area contributed by atoms with E-state index in [1.807, 2.05) is 0 Å². The van der Waals surface area contributed by atoms with Gasteiger partial charge in [0, 0.05) is 19.5 Å². The number of carbonyl (C=O) groups excluding carboxylic acids is 2. The third kappa shape index (κ3) is 3.82. The molecular weight excluding hydrogens is 248 g/mol. The fourth-order valence-electron chi connectivity index (χ4n) is 1.90. The fourth-order valence-corrected chi connectivity index (χ4v) is 1.90. The predicted octanol–water partition coefficient (Wildman–Crippen LogP) is 0.431. The Kier molecular flexibility index (Phi) is 4.21. The normalized spacial score (nSPS) is 16.5. The predicted molar refractivity (Wildman–Crippen MR) is 67.5 cm³/mol. The van der Waals surface area contributed by atoms with Crippen molar-refractivity contribution in [2.24, 2.45) is 0 Å². The van der Waals surface area contributed by atoms with Crippen molar-refractivity contribution in [3.05, 3.63) is 24.2 Å². The van der Waals surface area contributed by atoms with Crippen molar-refractivity contribution >= 4 is 11.8 Å². The number of rotatable bonds is 6. The lowest BCUT2D eigenvalue weighted by Crippen LogP contribution is -2.48. The highest BCUT2D eigenvalue weighted by molar-refractivity contribution is 5.93. The lowest BCUT2D eigenvalue weighted by molar-refractivity contribution is -0.123. The number of aliphatic hydroxyl groups is 1. The molecule has 6 heteroatoms. The molecule has 1 aliphatic rings. The smallest absolute Gasteiger partial charge is 0.254 e. The minimum absolute atomic E-state index is 0.173. The molecule has 2 rings (SSSR count). The Morgan fingerprint density at radius 3 is 2.74 bits per heavy atom. The number of amides is 2. The first kappa shape index (κ1) is 13.6. The molecule has 2 amide bonds. The van der Waals surface area contributed by atoms with Crippen molar-refractivity contribution in [2.75, 3.05) is 13.1 Å². The van der Waals surface area contributed by atoms with Gasteiger partial charge < -0.3 is 20.2 Å². The van der Waals surface area contributed by atoms with Crippen molar-refractivity contribution in [1.82, 2.24) is 10.6 Å². The van der Waals surface area contributed by atoms with E-state index in [0.29, 0.717) is 12.1 Å². The van der Waals surface area contributed by atoms with E-state index in [1.54, 1.807) is 6.07 Å². The van der Waals surface area contributed by atoms with E-state index in [9.17, 15) is 14.7 Å². The van der Waals surface area contributed by atoms with Gasteiger partial charge in [-0.15, -0.1) is 0 Å². The molecule has 0 atom stereocenters. The van der Waals surface area contributed by atoms with Gasteiger partial charge >= 0.3 is 0 Å². The minimum Gasteiger partial charge on any atom is -0.472 e. The van der Waals surface area contributed by atoms with Crippen molar-refractivity contribution in [1.29, 1.82) is 0 Å². The van der Waals surface area contributed by atoms with Gasteiger partial charge in [-0.1, -0.05) is 0 Å². The average Bonchev–Trinajstić information content (AvgIpc) is 2.87. The minimum atomic E-state index is -0.713. The first-order valence-electron chi connectivity index (χ1n) is 6.39. The largest absolute Gasteiger partial charge is 0.472 e. The first-order valence-corrected chi connectivity index (χ1v) is 6.39. The topological polar surface area (TPSA) is 91.6 Å². The third-order valence-electron chi connectivity index (χ3n) is 3.32. The average molecular weight is 266 g/mol. The Morgan fingerprint density at radius 2 is 2.16 bits per heavy atom. The number of hydrogen-bond donors (Lipinski definition) is 3. The Labute approximate surface area is 111 Å². The van der Waals surface area contributed by atoms with Crippen LogP contribution in [0.25, 0.3) is 0 Å². The molecule has 1 aromatic rings. The summed E-state index contributed by atoms with van der Waals surface area (Å²) < 4.78 is 4.79. The summed E-state index contributed by atoms with van der Waals surface area (Å²) in [5.74, 6) is -0.438. The zero-order valence-corrected chi connectivity index (χ0v) is 10.6. The van der Waals surface area contributed by atoms with E-state index < -0.39 is 5.60 Å². The molecule has 0 bridgehead atoms. The van der Waals surface area contributed by atoms with Gasteiger partial charge in [0.05, 0.1) is 17.4 Å². The molecule has 0 aliphatic heterocycles. The summed E-state index contributed by atoms with van der Waals surface area (Å²) in [6.07, 6.45) is 5.45. The summed E-state index contributed by atoms with van der Waals surface area (Å²) in [4.78, 5) is 23.0. The van der Waals surface area contributed by atoms with Crippen molar-refractivity contribution in [2.45, 2.75) is 31.3 Å². The highest BCUT2D eigenvalue weighted by Crippen LogP contribution is 2.30. The quantitative estimate of drug-likeness (QED) is 0.696.